The Hall–Kier alpha value is -0.380. The minimum Gasteiger partial charge on any atom is -0.375 e. The van der Waals surface area contributed by atoms with Gasteiger partial charge in [0.25, 0.3) is 0 Å². The van der Waals surface area contributed by atoms with Crippen molar-refractivity contribution in [2.45, 2.75) is 57.6 Å². The van der Waals surface area contributed by atoms with E-state index in [-0.39, 0.29) is 5.60 Å². The molecule has 1 aliphatic heterocycles. The maximum absolute atomic E-state index is 6.11. The maximum atomic E-state index is 6.11. The van der Waals surface area contributed by atoms with Gasteiger partial charge in [0.1, 0.15) is 0 Å². The van der Waals surface area contributed by atoms with Gasteiger partial charge in [0.05, 0.1) is 5.60 Å². The topological polar surface area (TPSA) is 21.3 Å². The fraction of sp³-hybridized carbons (Fsp3) is 0.667. The fourth-order valence-corrected chi connectivity index (χ4v) is 4.35. The van der Waals surface area contributed by atoms with Gasteiger partial charge in [0, 0.05) is 17.1 Å². The molecule has 2 unspecified atom stereocenters. The number of nitrogens with one attached hydrogen (secondary N) is 1. The van der Waals surface area contributed by atoms with E-state index in [1.165, 1.54) is 47.7 Å². The molecule has 1 saturated heterocycles. The molecule has 3 rings (SSSR count). The van der Waals surface area contributed by atoms with Crippen LogP contribution in [0.3, 0.4) is 0 Å². The lowest BCUT2D eigenvalue weighted by Gasteiger charge is -2.49. The van der Waals surface area contributed by atoms with Gasteiger partial charge >= 0.3 is 0 Å². The summed E-state index contributed by atoms with van der Waals surface area (Å²) in [5, 5.41) is 3.75. The molecule has 0 bridgehead atoms. The first-order valence-corrected chi connectivity index (χ1v) is 9.06. The van der Waals surface area contributed by atoms with Crippen LogP contribution in [0.4, 0.5) is 0 Å². The Balaban J connectivity index is 1.84. The molecule has 0 radical (unpaired) electrons. The number of aryl methyl sites for hydroxylation is 1. The summed E-state index contributed by atoms with van der Waals surface area (Å²) in [5.74, 6) is 0.687. The molecule has 2 aliphatic rings. The van der Waals surface area contributed by atoms with Crippen LogP contribution in [0.1, 0.15) is 56.2 Å². The van der Waals surface area contributed by atoms with Crippen molar-refractivity contribution in [1.29, 1.82) is 0 Å². The van der Waals surface area contributed by atoms with Crippen LogP contribution in [0, 0.1) is 12.8 Å². The average molecular weight is 352 g/mol. The third-order valence-electron chi connectivity index (χ3n) is 5.27. The Morgan fingerprint density at radius 1 is 1.43 bits per heavy atom. The van der Waals surface area contributed by atoms with Gasteiger partial charge in [-0.05, 0) is 74.8 Å². The maximum Gasteiger partial charge on any atom is 0.0686 e. The Kier molecular flexibility index (Phi) is 4.72. The standard InChI is InChI=1S/C18H26BrNO/c1-3-20-17(16-11-15(19)6-5-13(16)2)14-7-10-21-18(12-14)8-4-9-18/h5-6,11,14,17,20H,3-4,7-10,12H2,1-2H3. The second kappa shape index (κ2) is 6.39. The molecule has 1 N–H and O–H groups in total. The Bertz CT molecular complexity index is 498. The second-order valence-electron chi connectivity index (χ2n) is 6.67. The van der Waals surface area contributed by atoms with Crippen LogP contribution in [-0.4, -0.2) is 18.8 Å². The second-order valence-corrected chi connectivity index (χ2v) is 7.59. The zero-order chi connectivity index (χ0) is 14.9. The summed E-state index contributed by atoms with van der Waals surface area (Å²) in [4.78, 5) is 0. The molecule has 1 aliphatic carbocycles. The number of rotatable bonds is 4. The van der Waals surface area contributed by atoms with Crippen LogP contribution in [0.5, 0.6) is 0 Å². The highest BCUT2D eigenvalue weighted by Crippen LogP contribution is 2.47. The molecule has 1 saturated carbocycles. The number of halogens is 1. The molecule has 2 fully saturated rings. The van der Waals surface area contributed by atoms with Crippen LogP contribution in [0.15, 0.2) is 22.7 Å². The van der Waals surface area contributed by atoms with Gasteiger partial charge in [-0.1, -0.05) is 28.9 Å². The van der Waals surface area contributed by atoms with E-state index in [1.54, 1.807) is 0 Å². The third kappa shape index (κ3) is 3.20. The first kappa shape index (κ1) is 15.5. The van der Waals surface area contributed by atoms with Gasteiger partial charge < -0.3 is 10.1 Å². The number of benzene rings is 1. The van der Waals surface area contributed by atoms with Crippen molar-refractivity contribution in [1.82, 2.24) is 5.32 Å². The van der Waals surface area contributed by atoms with E-state index in [4.69, 9.17) is 4.74 Å². The third-order valence-corrected chi connectivity index (χ3v) is 5.76. The molecule has 2 atom stereocenters. The molecular weight excluding hydrogens is 326 g/mol. The quantitative estimate of drug-likeness (QED) is 0.844. The Labute approximate surface area is 136 Å². The molecule has 1 aromatic rings. The lowest BCUT2D eigenvalue weighted by Crippen LogP contribution is -2.48. The van der Waals surface area contributed by atoms with Gasteiger partial charge in [-0.2, -0.15) is 0 Å². The van der Waals surface area contributed by atoms with Crippen molar-refractivity contribution in [2.24, 2.45) is 5.92 Å². The zero-order valence-electron chi connectivity index (χ0n) is 13.1. The van der Waals surface area contributed by atoms with Crippen LogP contribution in [-0.2, 0) is 4.74 Å². The molecular formula is C18H26BrNO. The van der Waals surface area contributed by atoms with Crippen LogP contribution in [0.2, 0.25) is 0 Å². The first-order valence-electron chi connectivity index (χ1n) is 8.27. The fourth-order valence-electron chi connectivity index (χ4n) is 3.97. The van der Waals surface area contributed by atoms with E-state index in [0.717, 1.165) is 13.2 Å². The predicted molar refractivity (Wildman–Crippen MR) is 90.6 cm³/mol. The van der Waals surface area contributed by atoms with Crippen molar-refractivity contribution in [3.05, 3.63) is 33.8 Å². The van der Waals surface area contributed by atoms with Crippen molar-refractivity contribution in [2.75, 3.05) is 13.2 Å². The Morgan fingerprint density at radius 2 is 2.24 bits per heavy atom. The first-order chi connectivity index (χ1) is 10.1. The molecule has 1 heterocycles. The molecule has 21 heavy (non-hydrogen) atoms. The number of hydrogen-bond donors (Lipinski definition) is 1. The molecule has 1 spiro atoms. The van der Waals surface area contributed by atoms with Crippen LogP contribution in [0.25, 0.3) is 0 Å². The smallest absolute Gasteiger partial charge is 0.0686 e. The van der Waals surface area contributed by atoms with Gasteiger partial charge in [-0.25, -0.2) is 0 Å². The van der Waals surface area contributed by atoms with Crippen molar-refractivity contribution in [3.63, 3.8) is 0 Å². The van der Waals surface area contributed by atoms with Gasteiger partial charge in [-0.15, -0.1) is 0 Å². The van der Waals surface area contributed by atoms with Crippen molar-refractivity contribution in [3.8, 4) is 0 Å². The SMILES string of the molecule is CCNC(c1cc(Br)ccc1C)C1CCOC2(CCC2)C1. The lowest BCUT2D eigenvalue weighted by atomic mass is 9.69. The highest BCUT2D eigenvalue weighted by molar-refractivity contribution is 9.10. The predicted octanol–water partition coefficient (Wildman–Crippen LogP) is 4.76. The molecule has 116 valence electrons. The lowest BCUT2D eigenvalue weighted by molar-refractivity contribution is -0.147. The highest BCUT2D eigenvalue weighted by atomic mass is 79.9. The molecule has 3 heteroatoms. The van der Waals surface area contributed by atoms with Crippen molar-refractivity contribution < 1.29 is 4.74 Å². The molecule has 0 amide bonds. The van der Waals surface area contributed by atoms with E-state index in [0.29, 0.717) is 12.0 Å². The summed E-state index contributed by atoms with van der Waals surface area (Å²) in [5.41, 5.74) is 3.06. The van der Waals surface area contributed by atoms with Gasteiger partial charge in [0.2, 0.25) is 0 Å². The van der Waals surface area contributed by atoms with Crippen molar-refractivity contribution >= 4 is 15.9 Å². The van der Waals surface area contributed by atoms with Gasteiger partial charge in [-0.3, -0.25) is 0 Å². The van der Waals surface area contributed by atoms with E-state index in [9.17, 15) is 0 Å². The Morgan fingerprint density at radius 3 is 2.90 bits per heavy atom. The van der Waals surface area contributed by atoms with E-state index in [2.05, 4.69) is 53.3 Å². The molecule has 1 aromatic carbocycles. The highest BCUT2D eigenvalue weighted by Gasteiger charge is 2.44. The number of ether oxygens (including phenoxy) is 1. The van der Waals surface area contributed by atoms with E-state index < -0.39 is 0 Å². The summed E-state index contributed by atoms with van der Waals surface area (Å²) in [6.45, 7) is 6.38. The largest absolute Gasteiger partial charge is 0.375 e. The summed E-state index contributed by atoms with van der Waals surface area (Å²) in [7, 11) is 0. The molecule has 2 nitrogen and oxygen atoms in total. The normalized spacial score (nSPS) is 25.6. The monoisotopic (exact) mass is 351 g/mol. The van der Waals surface area contributed by atoms with Crippen LogP contribution >= 0.6 is 15.9 Å². The van der Waals surface area contributed by atoms with Crippen LogP contribution < -0.4 is 5.32 Å². The summed E-state index contributed by atoms with van der Waals surface area (Å²) >= 11 is 3.63. The summed E-state index contributed by atoms with van der Waals surface area (Å²) in [6, 6.07) is 7.11. The van der Waals surface area contributed by atoms with Gasteiger partial charge in [0.15, 0.2) is 0 Å². The van der Waals surface area contributed by atoms with E-state index >= 15 is 0 Å². The summed E-state index contributed by atoms with van der Waals surface area (Å²) in [6.07, 6.45) is 6.26. The average Bonchev–Trinajstić information content (AvgIpc) is 2.46. The number of hydrogen-bond acceptors (Lipinski definition) is 2. The molecule has 0 aromatic heterocycles. The minimum absolute atomic E-state index is 0.219. The van der Waals surface area contributed by atoms with E-state index in [1.807, 2.05) is 0 Å². The summed E-state index contributed by atoms with van der Waals surface area (Å²) < 4.78 is 7.29. The minimum atomic E-state index is 0.219. The zero-order valence-corrected chi connectivity index (χ0v) is 14.7.